The van der Waals surface area contributed by atoms with Gasteiger partial charge in [-0.2, -0.15) is 0 Å². The third-order valence-electron chi connectivity index (χ3n) is 5.26. The fourth-order valence-electron chi connectivity index (χ4n) is 3.63. The standard InChI is InChI=1S/C18H20ClN3O2S/c19-14-3-1-2-13(10-14)15-16(20-12-25-15)21-17(23)24-11-18-4-7-22(8-5-18)9-6-18/h1-3,10,12H,4-9,11H2,(H,21,23). The zero-order valence-corrected chi connectivity index (χ0v) is 15.4. The Bertz CT molecular complexity index is 757. The topological polar surface area (TPSA) is 54.5 Å². The van der Waals surface area contributed by atoms with Gasteiger partial charge in [-0.15, -0.1) is 11.3 Å². The Morgan fingerprint density at radius 2 is 2.08 bits per heavy atom. The second-order valence-corrected chi connectivity index (χ2v) is 8.12. The molecule has 0 radical (unpaired) electrons. The number of ether oxygens (including phenoxy) is 1. The van der Waals surface area contributed by atoms with Crippen molar-refractivity contribution in [2.45, 2.75) is 19.3 Å². The van der Waals surface area contributed by atoms with Crippen molar-refractivity contribution in [3.05, 3.63) is 34.8 Å². The SMILES string of the molecule is O=C(Nc1ncsc1-c1cccc(Cl)c1)OCC12CCN(CC1)CC2. The molecular formula is C18H20ClN3O2S. The van der Waals surface area contributed by atoms with Crippen molar-refractivity contribution in [2.24, 2.45) is 5.41 Å². The number of piperidine rings is 3. The average Bonchev–Trinajstić information content (AvgIpc) is 3.10. The summed E-state index contributed by atoms with van der Waals surface area (Å²) in [6.07, 6.45) is 2.91. The van der Waals surface area contributed by atoms with Crippen molar-refractivity contribution in [3.8, 4) is 10.4 Å². The Morgan fingerprint density at radius 3 is 2.80 bits per heavy atom. The minimum Gasteiger partial charge on any atom is -0.449 e. The van der Waals surface area contributed by atoms with E-state index in [0.29, 0.717) is 17.4 Å². The highest BCUT2D eigenvalue weighted by molar-refractivity contribution is 7.13. The van der Waals surface area contributed by atoms with Crippen LogP contribution < -0.4 is 5.32 Å². The van der Waals surface area contributed by atoms with Gasteiger partial charge in [-0.1, -0.05) is 23.7 Å². The average molecular weight is 378 g/mol. The molecule has 0 unspecified atom stereocenters. The molecule has 2 bridgehead atoms. The molecule has 7 heteroatoms. The molecule has 1 aromatic heterocycles. The molecule has 1 aromatic carbocycles. The molecule has 4 heterocycles. The Morgan fingerprint density at radius 1 is 1.32 bits per heavy atom. The first-order valence-electron chi connectivity index (χ1n) is 8.49. The molecule has 0 aliphatic carbocycles. The number of anilines is 1. The number of nitrogens with one attached hydrogen (secondary N) is 1. The van der Waals surface area contributed by atoms with Crippen molar-refractivity contribution in [1.29, 1.82) is 0 Å². The van der Waals surface area contributed by atoms with E-state index >= 15 is 0 Å². The number of carbonyl (C=O) groups is 1. The maximum absolute atomic E-state index is 12.3. The highest BCUT2D eigenvalue weighted by atomic mass is 35.5. The summed E-state index contributed by atoms with van der Waals surface area (Å²) < 4.78 is 5.56. The number of nitrogens with zero attached hydrogens (tertiary/aromatic N) is 2. The monoisotopic (exact) mass is 377 g/mol. The van der Waals surface area contributed by atoms with E-state index in [1.807, 2.05) is 24.3 Å². The van der Waals surface area contributed by atoms with Gasteiger partial charge in [0, 0.05) is 10.4 Å². The van der Waals surface area contributed by atoms with E-state index in [9.17, 15) is 4.79 Å². The molecule has 0 saturated carbocycles. The van der Waals surface area contributed by atoms with E-state index in [1.165, 1.54) is 11.3 Å². The smallest absolute Gasteiger partial charge is 0.412 e. The molecule has 5 rings (SSSR count). The van der Waals surface area contributed by atoms with E-state index in [4.69, 9.17) is 16.3 Å². The summed E-state index contributed by atoms with van der Waals surface area (Å²) in [6, 6.07) is 7.52. The number of fused-ring (bicyclic) bond motifs is 3. The molecule has 1 amide bonds. The molecule has 3 aliphatic heterocycles. The molecule has 0 spiro atoms. The van der Waals surface area contributed by atoms with Crippen LogP contribution >= 0.6 is 22.9 Å². The zero-order chi connectivity index (χ0) is 17.3. The highest BCUT2D eigenvalue weighted by Crippen LogP contribution is 2.40. The van der Waals surface area contributed by atoms with Crippen molar-refractivity contribution in [1.82, 2.24) is 9.88 Å². The summed E-state index contributed by atoms with van der Waals surface area (Å²) in [5.74, 6) is 0.522. The molecule has 1 N–H and O–H groups in total. The lowest BCUT2D eigenvalue weighted by Crippen LogP contribution is -2.50. The number of amides is 1. The fourth-order valence-corrected chi connectivity index (χ4v) is 4.57. The third-order valence-corrected chi connectivity index (χ3v) is 6.37. The predicted molar refractivity (Wildman–Crippen MR) is 100 cm³/mol. The molecule has 2 aromatic rings. The minimum atomic E-state index is -0.434. The van der Waals surface area contributed by atoms with E-state index in [2.05, 4.69) is 15.2 Å². The molecule has 5 nitrogen and oxygen atoms in total. The van der Waals surface area contributed by atoms with Gasteiger partial charge in [0.1, 0.15) is 0 Å². The first-order valence-corrected chi connectivity index (χ1v) is 9.75. The Balaban J connectivity index is 1.39. The molecule has 3 saturated heterocycles. The van der Waals surface area contributed by atoms with E-state index in [0.717, 1.165) is 49.3 Å². The molecule has 25 heavy (non-hydrogen) atoms. The maximum Gasteiger partial charge on any atom is 0.412 e. The summed E-state index contributed by atoms with van der Waals surface area (Å²) in [5, 5.41) is 3.44. The lowest BCUT2D eigenvalue weighted by molar-refractivity contribution is -0.0190. The summed E-state index contributed by atoms with van der Waals surface area (Å²) in [7, 11) is 0. The Hall–Kier alpha value is -1.63. The van der Waals surface area contributed by atoms with Gasteiger partial charge < -0.3 is 9.64 Å². The lowest BCUT2D eigenvalue weighted by atomic mass is 9.73. The zero-order valence-electron chi connectivity index (χ0n) is 13.8. The van der Waals surface area contributed by atoms with Crippen LogP contribution in [-0.4, -0.2) is 42.2 Å². The van der Waals surface area contributed by atoms with Gasteiger partial charge in [-0.25, -0.2) is 9.78 Å². The van der Waals surface area contributed by atoms with Crippen LogP contribution in [-0.2, 0) is 4.74 Å². The van der Waals surface area contributed by atoms with Gasteiger partial charge in [0.05, 0.1) is 17.0 Å². The minimum absolute atomic E-state index is 0.171. The van der Waals surface area contributed by atoms with Gasteiger partial charge in [0.15, 0.2) is 5.82 Å². The number of benzene rings is 1. The summed E-state index contributed by atoms with van der Waals surface area (Å²) in [6.45, 7) is 3.85. The number of rotatable bonds is 4. The van der Waals surface area contributed by atoms with Crippen molar-refractivity contribution in [2.75, 3.05) is 31.6 Å². The number of hydrogen-bond donors (Lipinski definition) is 1. The van der Waals surface area contributed by atoms with Gasteiger partial charge >= 0.3 is 6.09 Å². The molecule has 3 aliphatic rings. The number of aromatic nitrogens is 1. The van der Waals surface area contributed by atoms with Gasteiger partial charge in [0.2, 0.25) is 0 Å². The number of thiazole rings is 1. The van der Waals surface area contributed by atoms with Crippen LogP contribution in [0.2, 0.25) is 5.02 Å². The van der Waals surface area contributed by atoms with E-state index < -0.39 is 6.09 Å². The Labute approximate surface area is 156 Å². The molecule has 3 fully saturated rings. The number of carbonyl (C=O) groups excluding carboxylic acids is 1. The fraction of sp³-hybridized carbons (Fsp3) is 0.444. The number of hydrogen-bond acceptors (Lipinski definition) is 5. The largest absolute Gasteiger partial charge is 0.449 e. The number of halogens is 1. The first kappa shape index (κ1) is 16.8. The van der Waals surface area contributed by atoms with E-state index in [1.54, 1.807) is 5.51 Å². The van der Waals surface area contributed by atoms with Crippen molar-refractivity contribution >= 4 is 34.8 Å². The summed E-state index contributed by atoms with van der Waals surface area (Å²) in [5.41, 5.74) is 2.81. The van der Waals surface area contributed by atoms with Crippen LogP contribution in [0.15, 0.2) is 29.8 Å². The molecular weight excluding hydrogens is 358 g/mol. The van der Waals surface area contributed by atoms with Crippen LogP contribution in [0.25, 0.3) is 10.4 Å². The second kappa shape index (κ2) is 6.94. The van der Waals surface area contributed by atoms with Crippen molar-refractivity contribution in [3.63, 3.8) is 0 Å². The van der Waals surface area contributed by atoms with Crippen LogP contribution in [0.3, 0.4) is 0 Å². The van der Waals surface area contributed by atoms with Gasteiger partial charge in [0.25, 0.3) is 0 Å². The van der Waals surface area contributed by atoms with Crippen LogP contribution in [0.5, 0.6) is 0 Å². The normalized spacial score (nSPS) is 24.9. The highest BCUT2D eigenvalue weighted by Gasteiger charge is 2.40. The maximum atomic E-state index is 12.3. The lowest BCUT2D eigenvalue weighted by Gasteiger charge is -2.47. The van der Waals surface area contributed by atoms with Crippen LogP contribution in [0, 0.1) is 5.41 Å². The summed E-state index contributed by atoms with van der Waals surface area (Å²) >= 11 is 7.52. The van der Waals surface area contributed by atoms with Gasteiger partial charge in [-0.3, -0.25) is 5.32 Å². The summed E-state index contributed by atoms with van der Waals surface area (Å²) in [4.78, 5) is 19.9. The first-order chi connectivity index (χ1) is 12.1. The third kappa shape index (κ3) is 3.66. The van der Waals surface area contributed by atoms with Gasteiger partial charge in [-0.05, 0) is 56.6 Å². The Kier molecular flexibility index (Phi) is 4.67. The molecule has 132 valence electrons. The predicted octanol–water partition coefficient (Wildman–Crippen LogP) is 4.50. The van der Waals surface area contributed by atoms with Crippen molar-refractivity contribution < 1.29 is 9.53 Å². The van der Waals surface area contributed by atoms with Crippen LogP contribution in [0.4, 0.5) is 10.6 Å². The van der Waals surface area contributed by atoms with E-state index in [-0.39, 0.29) is 5.41 Å². The molecule has 0 atom stereocenters. The second-order valence-electron chi connectivity index (χ2n) is 6.83. The quantitative estimate of drug-likeness (QED) is 0.852. The van der Waals surface area contributed by atoms with Crippen LogP contribution in [0.1, 0.15) is 19.3 Å².